The summed E-state index contributed by atoms with van der Waals surface area (Å²) in [4.78, 5) is 5.08. The quantitative estimate of drug-likeness (QED) is 0.836. The van der Waals surface area contributed by atoms with Crippen molar-refractivity contribution < 1.29 is 0 Å². The molecule has 0 saturated carbocycles. The lowest BCUT2D eigenvalue weighted by molar-refractivity contribution is 0.259. The first-order chi connectivity index (χ1) is 8.72. The highest BCUT2D eigenvalue weighted by Gasteiger charge is 2.17. The third kappa shape index (κ3) is 3.21. The molecule has 0 amide bonds. The van der Waals surface area contributed by atoms with Crippen molar-refractivity contribution in [2.24, 2.45) is 0 Å². The Morgan fingerprint density at radius 1 is 1.11 bits per heavy atom. The van der Waals surface area contributed by atoms with E-state index in [1.165, 1.54) is 42.9 Å². The zero-order chi connectivity index (χ0) is 13.0. The zero-order valence-electron chi connectivity index (χ0n) is 11.5. The molecular formula is C15H24N2S. The number of piperazine rings is 1. The molecule has 0 atom stereocenters. The van der Waals surface area contributed by atoms with Gasteiger partial charge in [0.05, 0.1) is 0 Å². The Kier molecular flexibility index (Phi) is 4.95. The SMILES string of the molecule is Cc1cccc(N2CCN(CCCS)CC2)c1C. The van der Waals surface area contributed by atoms with E-state index in [4.69, 9.17) is 0 Å². The van der Waals surface area contributed by atoms with E-state index in [0.717, 1.165) is 18.8 Å². The molecule has 0 spiro atoms. The van der Waals surface area contributed by atoms with Gasteiger partial charge in [-0.15, -0.1) is 0 Å². The highest BCUT2D eigenvalue weighted by molar-refractivity contribution is 7.80. The van der Waals surface area contributed by atoms with Gasteiger partial charge in [0.15, 0.2) is 0 Å². The Morgan fingerprint density at radius 3 is 2.50 bits per heavy atom. The Balaban J connectivity index is 1.95. The van der Waals surface area contributed by atoms with E-state index >= 15 is 0 Å². The fourth-order valence-corrected chi connectivity index (χ4v) is 2.73. The summed E-state index contributed by atoms with van der Waals surface area (Å²) in [5.41, 5.74) is 4.25. The molecular weight excluding hydrogens is 240 g/mol. The van der Waals surface area contributed by atoms with E-state index in [1.54, 1.807) is 0 Å². The average Bonchev–Trinajstić information content (AvgIpc) is 2.40. The molecule has 0 unspecified atom stereocenters. The molecule has 100 valence electrons. The first-order valence-corrected chi connectivity index (χ1v) is 7.50. The van der Waals surface area contributed by atoms with Crippen molar-refractivity contribution in [3.8, 4) is 0 Å². The molecule has 1 fully saturated rings. The molecule has 18 heavy (non-hydrogen) atoms. The molecule has 0 N–H and O–H groups in total. The Morgan fingerprint density at radius 2 is 1.83 bits per heavy atom. The summed E-state index contributed by atoms with van der Waals surface area (Å²) in [7, 11) is 0. The maximum Gasteiger partial charge on any atom is 0.0399 e. The lowest BCUT2D eigenvalue weighted by Crippen LogP contribution is -2.46. The van der Waals surface area contributed by atoms with Gasteiger partial charge in [0, 0.05) is 31.9 Å². The number of hydrogen-bond acceptors (Lipinski definition) is 3. The van der Waals surface area contributed by atoms with E-state index < -0.39 is 0 Å². The topological polar surface area (TPSA) is 6.48 Å². The van der Waals surface area contributed by atoms with Crippen molar-refractivity contribution >= 4 is 18.3 Å². The smallest absolute Gasteiger partial charge is 0.0399 e. The van der Waals surface area contributed by atoms with Crippen LogP contribution in [0.15, 0.2) is 18.2 Å². The van der Waals surface area contributed by atoms with Crippen LogP contribution >= 0.6 is 12.6 Å². The van der Waals surface area contributed by atoms with Crippen LogP contribution in [0, 0.1) is 13.8 Å². The van der Waals surface area contributed by atoms with Crippen molar-refractivity contribution in [3.05, 3.63) is 29.3 Å². The van der Waals surface area contributed by atoms with Gasteiger partial charge in [-0.1, -0.05) is 12.1 Å². The Labute approximate surface area is 116 Å². The molecule has 0 aliphatic carbocycles. The van der Waals surface area contributed by atoms with Crippen molar-refractivity contribution in [1.82, 2.24) is 4.90 Å². The van der Waals surface area contributed by atoms with Gasteiger partial charge in [0.2, 0.25) is 0 Å². The predicted molar refractivity (Wildman–Crippen MR) is 83.0 cm³/mol. The molecule has 1 saturated heterocycles. The third-order valence-corrected chi connectivity index (χ3v) is 4.24. The van der Waals surface area contributed by atoms with Crippen LogP contribution in [0.4, 0.5) is 5.69 Å². The fraction of sp³-hybridized carbons (Fsp3) is 0.600. The summed E-state index contributed by atoms with van der Waals surface area (Å²) in [6.45, 7) is 10.3. The van der Waals surface area contributed by atoms with Crippen molar-refractivity contribution in [1.29, 1.82) is 0 Å². The first kappa shape index (κ1) is 13.8. The normalized spacial score (nSPS) is 17.2. The summed E-state index contributed by atoms with van der Waals surface area (Å²) < 4.78 is 0. The summed E-state index contributed by atoms with van der Waals surface area (Å²) in [6, 6.07) is 6.62. The standard InChI is InChI=1S/C15H24N2S/c1-13-5-3-6-15(14(13)2)17-10-8-16(9-11-17)7-4-12-18/h3,5-6,18H,4,7-12H2,1-2H3. The van der Waals surface area contributed by atoms with Crippen LogP contribution < -0.4 is 4.90 Å². The van der Waals surface area contributed by atoms with Crippen LogP contribution in [0.25, 0.3) is 0 Å². The van der Waals surface area contributed by atoms with Crippen LogP contribution in [-0.2, 0) is 0 Å². The van der Waals surface area contributed by atoms with Gasteiger partial charge in [-0.3, -0.25) is 4.90 Å². The molecule has 1 aromatic rings. The molecule has 1 aliphatic heterocycles. The molecule has 0 bridgehead atoms. The van der Waals surface area contributed by atoms with Crippen molar-refractivity contribution in [2.45, 2.75) is 20.3 Å². The van der Waals surface area contributed by atoms with E-state index in [9.17, 15) is 0 Å². The monoisotopic (exact) mass is 264 g/mol. The average molecular weight is 264 g/mol. The van der Waals surface area contributed by atoms with Crippen LogP contribution in [-0.4, -0.2) is 43.4 Å². The minimum Gasteiger partial charge on any atom is -0.369 e. The Hall–Kier alpha value is -0.670. The van der Waals surface area contributed by atoms with Gasteiger partial charge in [-0.05, 0) is 49.8 Å². The second-order valence-corrected chi connectivity index (χ2v) is 5.57. The maximum absolute atomic E-state index is 4.28. The van der Waals surface area contributed by atoms with E-state index in [-0.39, 0.29) is 0 Å². The molecule has 0 radical (unpaired) electrons. The largest absolute Gasteiger partial charge is 0.369 e. The summed E-state index contributed by atoms with van der Waals surface area (Å²) in [5, 5.41) is 0. The number of rotatable bonds is 4. The number of hydrogen-bond donors (Lipinski definition) is 1. The Bertz CT molecular complexity index is 384. The van der Waals surface area contributed by atoms with Crippen LogP contribution in [0.5, 0.6) is 0 Å². The highest BCUT2D eigenvalue weighted by Crippen LogP contribution is 2.23. The number of thiol groups is 1. The minimum atomic E-state index is 0.997. The number of nitrogens with zero attached hydrogens (tertiary/aromatic N) is 2. The lowest BCUT2D eigenvalue weighted by atomic mass is 10.1. The van der Waals surface area contributed by atoms with Gasteiger partial charge >= 0.3 is 0 Å². The molecule has 1 aromatic carbocycles. The predicted octanol–water partition coefficient (Wildman–Crippen LogP) is 2.75. The van der Waals surface area contributed by atoms with E-state index in [0.29, 0.717) is 0 Å². The molecule has 0 aromatic heterocycles. The molecule has 1 heterocycles. The lowest BCUT2D eigenvalue weighted by Gasteiger charge is -2.37. The van der Waals surface area contributed by atoms with Gasteiger partial charge in [0.25, 0.3) is 0 Å². The fourth-order valence-electron chi connectivity index (χ4n) is 2.58. The van der Waals surface area contributed by atoms with Crippen molar-refractivity contribution in [3.63, 3.8) is 0 Å². The molecule has 2 nitrogen and oxygen atoms in total. The van der Waals surface area contributed by atoms with Gasteiger partial charge in [0.1, 0.15) is 0 Å². The zero-order valence-corrected chi connectivity index (χ0v) is 12.4. The molecule has 1 aliphatic rings. The second-order valence-electron chi connectivity index (χ2n) is 5.12. The van der Waals surface area contributed by atoms with Gasteiger partial charge in [-0.2, -0.15) is 12.6 Å². The van der Waals surface area contributed by atoms with Crippen molar-refractivity contribution in [2.75, 3.05) is 43.4 Å². The third-order valence-electron chi connectivity index (χ3n) is 3.92. The van der Waals surface area contributed by atoms with Crippen LogP contribution in [0.3, 0.4) is 0 Å². The summed E-state index contributed by atoms with van der Waals surface area (Å²) >= 11 is 4.28. The summed E-state index contributed by atoms with van der Waals surface area (Å²) in [5.74, 6) is 0.997. The van der Waals surface area contributed by atoms with Crippen LogP contribution in [0.2, 0.25) is 0 Å². The number of anilines is 1. The van der Waals surface area contributed by atoms with Crippen LogP contribution in [0.1, 0.15) is 17.5 Å². The van der Waals surface area contributed by atoms with E-state index in [1.807, 2.05) is 0 Å². The highest BCUT2D eigenvalue weighted by atomic mass is 32.1. The minimum absolute atomic E-state index is 0.997. The van der Waals surface area contributed by atoms with Gasteiger partial charge in [-0.25, -0.2) is 0 Å². The van der Waals surface area contributed by atoms with Gasteiger partial charge < -0.3 is 4.90 Å². The summed E-state index contributed by atoms with van der Waals surface area (Å²) in [6.07, 6.45) is 1.20. The number of aryl methyl sites for hydroxylation is 1. The molecule has 3 heteroatoms. The first-order valence-electron chi connectivity index (χ1n) is 6.86. The molecule has 2 rings (SSSR count). The van der Waals surface area contributed by atoms with E-state index in [2.05, 4.69) is 54.5 Å². The second kappa shape index (κ2) is 6.48. The number of benzene rings is 1. The maximum atomic E-state index is 4.28.